The van der Waals surface area contributed by atoms with Gasteiger partial charge in [0.05, 0.1) is 34.1 Å². The third kappa shape index (κ3) is 5.34. The molecule has 50 heavy (non-hydrogen) atoms. The van der Waals surface area contributed by atoms with Crippen molar-refractivity contribution >= 4 is 62.6 Å². The van der Waals surface area contributed by atoms with Crippen molar-refractivity contribution < 1.29 is 19.4 Å². The molecule has 0 aliphatic carbocycles. The summed E-state index contributed by atoms with van der Waals surface area (Å²) in [6, 6.07) is 12.7. The molecule has 1 amide bonds. The maximum Gasteiger partial charge on any atom is 0.335 e. The summed E-state index contributed by atoms with van der Waals surface area (Å²) in [7, 11) is 3.83. The van der Waals surface area contributed by atoms with Gasteiger partial charge in [-0.1, -0.05) is 29.3 Å². The quantitative estimate of drug-likeness (QED) is 0.159. The van der Waals surface area contributed by atoms with Crippen molar-refractivity contribution in [1.29, 1.82) is 0 Å². The average molecular weight is 713 g/mol. The molecule has 0 saturated carbocycles. The minimum Gasteiger partial charge on any atom is -0.494 e. The van der Waals surface area contributed by atoms with Crippen molar-refractivity contribution in [1.82, 2.24) is 18.9 Å². The highest BCUT2D eigenvalue weighted by Crippen LogP contribution is 2.45. The Morgan fingerprint density at radius 3 is 2.38 bits per heavy atom. The summed E-state index contributed by atoms with van der Waals surface area (Å²) < 4.78 is 12.2. The Balaban J connectivity index is 1.38. The van der Waals surface area contributed by atoms with Crippen LogP contribution in [0.3, 0.4) is 0 Å². The fraction of sp³-hybridized carbons (Fsp3) is 0.308. The lowest BCUT2D eigenvalue weighted by Crippen LogP contribution is -2.42. The van der Waals surface area contributed by atoms with Crippen molar-refractivity contribution in [3.63, 3.8) is 0 Å². The third-order valence-corrected chi connectivity index (χ3v) is 11.0. The lowest BCUT2D eigenvalue weighted by Gasteiger charge is -2.34. The van der Waals surface area contributed by atoms with Crippen molar-refractivity contribution in [3.8, 4) is 16.9 Å². The molecule has 1 aliphatic heterocycles. The number of fused-ring (bicyclic) bond motifs is 4. The molecule has 0 saturated heterocycles. The van der Waals surface area contributed by atoms with Crippen LogP contribution in [0.25, 0.3) is 32.9 Å². The van der Waals surface area contributed by atoms with E-state index in [1.54, 1.807) is 23.1 Å². The van der Waals surface area contributed by atoms with E-state index >= 15 is 0 Å². The molecule has 11 heteroatoms. The first-order chi connectivity index (χ1) is 23.8. The van der Waals surface area contributed by atoms with Gasteiger partial charge in [-0.05, 0) is 101 Å². The molecule has 4 heterocycles. The van der Waals surface area contributed by atoms with E-state index in [4.69, 9.17) is 33.0 Å². The zero-order valence-electron chi connectivity index (χ0n) is 29.2. The highest BCUT2D eigenvalue weighted by molar-refractivity contribution is 6.35. The normalized spacial score (nSPS) is 14.6. The highest BCUT2D eigenvalue weighted by Gasteiger charge is 2.37. The summed E-state index contributed by atoms with van der Waals surface area (Å²) in [5.74, 6) is -0.398. The number of amides is 1. The number of hydrogen-bond donors (Lipinski definition) is 1. The van der Waals surface area contributed by atoms with Gasteiger partial charge in [0.1, 0.15) is 11.4 Å². The van der Waals surface area contributed by atoms with Gasteiger partial charge >= 0.3 is 5.97 Å². The minimum atomic E-state index is -1.01. The van der Waals surface area contributed by atoms with Crippen molar-refractivity contribution in [2.45, 2.75) is 53.5 Å². The van der Waals surface area contributed by atoms with Gasteiger partial charge in [-0.25, -0.2) is 4.79 Å². The Hall–Kier alpha value is -4.73. The third-order valence-electron chi connectivity index (χ3n) is 10.1. The van der Waals surface area contributed by atoms with Crippen LogP contribution in [0.5, 0.6) is 5.75 Å². The van der Waals surface area contributed by atoms with Gasteiger partial charge in [0.25, 0.3) is 5.91 Å². The van der Waals surface area contributed by atoms with Gasteiger partial charge in [-0.15, -0.1) is 0 Å². The number of carbonyl (C=O) groups is 2. The van der Waals surface area contributed by atoms with Crippen LogP contribution < -0.4 is 9.64 Å². The van der Waals surface area contributed by atoms with Crippen LogP contribution in [-0.4, -0.2) is 49.0 Å². The monoisotopic (exact) mass is 711 g/mol. The smallest absolute Gasteiger partial charge is 0.335 e. The summed E-state index contributed by atoms with van der Waals surface area (Å²) in [5.41, 5.74) is 9.74. The highest BCUT2D eigenvalue weighted by atomic mass is 35.5. The lowest BCUT2D eigenvalue weighted by atomic mass is 9.98. The maximum absolute atomic E-state index is 14.9. The molecule has 1 atom stereocenters. The molecule has 258 valence electrons. The SMILES string of the molecule is Cc1cc(OCCCc2c3n(c4c(-c5c(C)nn(C)c5C)c(Cl)ccc24)[C@H](C)CN(c2cn(C)c4ccc(C(=O)O)cc24)C3=O)cc(C)c1Cl. The number of rotatable bonds is 8. The van der Waals surface area contributed by atoms with Crippen molar-refractivity contribution in [2.24, 2.45) is 14.1 Å². The maximum atomic E-state index is 14.9. The number of benzene rings is 3. The molecule has 0 radical (unpaired) electrons. The summed E-state index contributed by atoms with van der Waals surface area (Å²) >= 11 is 13.5. The Labute approximate surface area is 300 Å². The topological polar surface area (TPSA) is 94.5 Å². The lowest BCUT2D eigenvalue weighted by molar-refractivity contribution is 0.0696. The number of hydrogen-bond acceptors (Lipinski definition) is 4. The van der Waals surface area contributed by atoms with E-state index < -0.39 is 5.97 Å². The molecule has 0 unspecified atom stereocenters. The van der Waals surface area contributed by atoms with Gasteiger partial charge in [-0.3, -0.25) is 9.48 Å². The predicted molar refractivity (Wildman–Crippen MR) is 200 cm³/mol. The molecular formula is C39H39Cl2N5O4. The Morgan fingerprint density at radius 1 is 1.00 bits per heavy atom. The largest absolute Gasteiger partial charge is 0.494 e. The fourth-order valence-electron chi connectivity index (χ4n) is 7.66. The number of aromatic carboxylic acids is 1. The number of aromatic nitrogens is 4. The first kappa shape index (κ1) is 33.8. The first-order valence-corrected chi connectivity index (χ1v) is 17.4. The van der Waals surface area contributed by atoms with Crippen LogP contribution in [0.1, 0.15) is 68.3 Å². The molecular weight excluding hydrogens is 673 g/mol. The zero-order chi connectivity index (χ0) is 35.8. The van der Waals surface area contributed by atoms with E-state index in [2.05, 4.69) is 11.5 Å². The molecule has 1 aliphatic rings. The van der Waals surface area contributed by atoms with Gasteiger partial charge in [0, 0.05) is 71.0 Å². The standard InChI is InChI=1S/C39H39Cl2N5O4/c1-20-15-26(16-21(2)35(20)41)50-14-8-9-27-28-11-12-30(40)34(33-23(4)42-44(7)24(33)5)36(28)46-22(3)18-45(38(47)37(27)46)32-19-43(6)31-13-10-25(39(48)49)17-29(31)32/h10-13,15-17,19,22H,8-9,14,18H2,1-7H3,(H,48,49)/t22-/m1/s1. The summed E-state index contributed by atoms with van der Waals surface area (Å²) in [5, 5.41) is 17.5. The Kier molecular flexibility index (Phi) is 8.47. The fourth-order valence-corrected chi connectivity index (χ4v) is 8.01. The predicted octanol–water partition coefficient (Wildman–Crippen LogP) is 9.01. The number of ether oxygens (including phenoxy) is 1. The molecule has 0 spiro atoms. The van der Waals surface area contributed by atoms with Gasteiger partial charge < -0.3 is 23.9 Å². The van der Waals surface area contributed by atoms with E-state index in [0.29, 0.717) is 47.8 Å². The van der Waals surface area contributed by atoms with E-state index in [9.17, 15) is 14.7 Å². The van der Waals surface area contributed by atoms with Crippen molar-refractivity contribution in [3.05, 3.63) is 98.0 Å². The minimum absolute atomic E-state index is 0.136. The van der Waals surface area contributed by atoms with Crippen LogP contribution in [0.15, 0.2) is 48.7 Å². The second-order valence-electron chi connectivity index (χ2n) is 13.4. The van der Waals surface area contributed by atoms with Crippen LogP contribution in [0, 0.1) is 27.7 Å². The average Bonchev–Trinajstić information content (AvgIpc) is 3.67. The molecule has 1 N–H and O–H groups in total. The number of carboxylic acid groups (broad SMARTS) is 1. The number of halogens is 2. The summed E-state index contributed by atoms with van der Waals surface area (Å²) in [6.07, 6.45) is 3.16. The second kappa shape index (κ2) is 12.5. The molecule has 3 aromatic carbocycles. The zero-order valence-corrected chi connectivity index (χ0v) is 30.7. The van der Waals surface area contributed by atoms with E-state index in [-0.39, 0.29) is 17.5 Å². The summed E-state index contributed by atoms with van der Waals surface area (Å²) in [6.45, 7) is 10.9. The van der Waals surface area contributed by atoms with Crippen molar-refractivity contribution in [2.75, 3.05) is 18.1 Å². The Bertz CT molecular complexity index is 2360. The van der Waals surface area contributed by atoms with Gasteiger partial charge in [0.15, 0.2) is 0 Å². The van der Waals surface area contributed by atoms with Gasteiger partial charge in [-0.2, -0.15) is 5.10 Å². The Morgan fingerprint density at radius 2 is 1.72 bits per heavy atom. The molecule has 0 fully saturated rings. The molecule has 0 bridgehead atoms. The first-order valence-electron chi connectivity index (χ1n) is 16.7. The number of anilines is 1. The van der Waals surface area contributed by atoms with Crippen LogP contribution in [0.4, 0.5) is 5.69 Å². The molecule has 6 aromatic rings. The van der Waals surface area contributed by atoms with E-state index in [1.807, 2.05) is 81.5 Å². The van der Waals surface area contributed by atoms with Crippen LogP contribution in [-0.2, 0) is 20.5 Å². The van der Waals surface area contributed by atoms with E-state index in [0.717, 1.165) is 66.4 Å². The van der Waals surface area contributed by atoms with Crippen LogP contribution >= 0.6 is 23.2 Å². The number of carbonyl (C=O) groups excluding carboxylic acids is 1. The summed E-state index contributed by atoms with van der Waals surface area (Å²) in [4.78, 5) is 28.7. The molecule has 3 aromatic heterocycles. The van der Waals surface area contributed by atoms with Gasteiger partial charge in [0.2, 0.25) is 0 Å². The second-order valence-corrected chi connectivity index (χ2v) is 14.2. The number of carboxylic acids is 1. The number of nitrogens with zero attached hydrogens (tertiary/aromatic N) is 5. The number of aryl methyl sites for hydroxylation is 6. The molecule has 7 rings (SSSR count). The molecule has 9 nitrogen and oxygen atoms in total. The van der Waals surface area contributed by atoms with E-state index in [1.165, 1.54) is 0 Å². The van der Waals surface area contributed by atoms with Crippen LogP contribution in [0.2, 0.25) is 10.0 Å².